The first-order valence-electron chi connectivity index (χ1n) is 17.0. The van der Waals surface area contributed by atoms with Gasteiger partial charge in [0, 0.05) is 40.7 Å². The van der Waals surface area contributed by atoms with Crippen molar-refractivity contribution >= 4 is 34.7 Å². The van der Waals surface area contributed by atoms with E-state index in [1.165, 1.54) is 6.07 Å². The number of phenols is 1. The van der Waals surface area contributed by atoms with Crippen molar-refractivity contribution in [2.75, 3.05) is 0 Å². The smallest absolute Gasteiger partial charge is 0.203 e. The first-order valence-corrected chi connectivity index (χ1v) is 17.0. The summed E-state index contributed by atoms with van der Waals surface area (Å²) >= 11 is 0. The molecule has 4 aliphatic carbocycles. The average molecular weight is 679 g/mol. The number of aliphatic hydroxyl groups excluding tert-OH is 2. The molecule has 9 heteroatoms. The van der Waals surface area contributed by atoms with Crippen LogP contribution in [0, 0.1) is 22.7 Å². The van der Waals surface area contributed by atoms with Crippen molar-refractivity contribution in [3.63, 3.8) is 0 Å². The summed E-state index contributed by atoms with van der Waals surface area (Å²) in [6, 6.07) is 8.27. The van der Waals surface area contributed by atoms with Gasteiger partial charge in [-0.2, -0.15) is 0 Å². The van der Waals surface area contributed by atoms with E-state index < -0.39 is 62.7 Å². The standard InChI is InChI=1S/C41H42O9/c1-7-28(43)25-15-22(16-30(45)23-10-8-9-11-23)14-24(17-25)26-12-13-29(44)32-27(26)18-39(5)19-40(6)33(20(2)3)35(46)31(21(4)42)37(48)41(40,50)38(49)34(39)36(32)47/h8-10,12-15,17,20,33,44,47-48,50H,7,11,16,18-19H2,1-6H3/t33?,39-,40-,41+/m1/s1. The Bertz CT molecular complexity index is 2060. The second-order valence-electron chi connectivity index (χ2n) is 15.1. The molecule has 260 valence electrons. The molecule has 50 heavy (non-hydrogen) atoms. The number of allylic oxidation sites excluding steroid dienone is 5. The van der Waals surface area contributed by atoms with Crippen LogP contribution in [-0.2, 0) is 32.0 Å². The first kappa shape index (κ1) is 35.0. The van der Waals surface area contributed by atoms with E-state index in [0.29, 0.717) is 39.8 Å². The van der Waals surface area contributed by atoms with Crippen molar-refractivity contribution < 1.29 is 44.4 Å². The highest BCUT2D eigenvalue weighted by atomic mass is 16.3. The van der Waals surface area contributed by atoms with Gasteiger partial charge in [-0.1, -0.05) is 65.0 Å². The van der Waals surface area contributed by atoms with E-state index in [9.17, 15) is 44.4 Å². The minimum atomic E-state index is -2.70. The number of benzene rings is 2. The molecule has 4 atom stereocenters. The molecule has 0 amide bonds. The number of hydrogen-bond acceptors (Lipinski definition) is 9. The summed E-state index contributed by atoms with van der Waals surface area (Å²) in [4.78, 5) is 67.3. The Morgan fingerprint density at radius 3 is 2.30 bits per heavy atom. The zero-order valence-corrected chi connectivity index (χ0v) is 29.1. The topological polar surface area (TPSA) is 166 Å². The SMILES string of the molecule is CCC(=O)c1cc(CC(=O)C2=CC=CC2)cc(-c2ccc(O)c3c2C[C@]2(C)C[C@]4(C)C(C(C)C)C(=O)C(C(C)=O)=C(O)[C@]4(O)C(=O)C2=C3O)c1. The molecule has 0 bridgehead atoms. The van der Waals surface area contributed by atoms with Gasteiger partial charge in [-0.3, -0.25) is 24.0 Å². The zero-order valence-electron chi connectivity index (χ0n) is 29.1. The summed E-state index contributed by atoms with van der Waals surface area (Å²) in [5, 5.41) is 46.8. The van der Waals surface area contributed by atoms with Gasteiger partial charge in [0.15, 0.2) is 28.7 Å². The van der Waals surface area contributed by atoms with Gasteiger partial charge < -0.3 is 20.4 Å². The predicted molar refractivity (Wildman–Crippen MR) is 186 cm³/mol. The van der Waals surface area contributed by atoms with Gasteiger partial charge >= 0.3 is 0 Å². The van der Waals surface area contributed by atoms with Gasteiger partial charge in [-0.05, 0) is 78.1 Å². The van der Waals surface area contributed by atoms with Crippen LogP contribution in [0.3, 0.4) is 0 Å². The molecule has 9 nitrogen and oxygen atoms in total. The Morgan fingerprint density at radius 1 is 1.00 bits per heavy atom. The van der Waals surface area contributed by atoms with Crippen molar-refractivity contribution in [3.05, 3.63) is 93.3 Å². The summed E-state index contributed by atoms with van der Waals surface area (Å²) in [6.07, 6.45) is 6.37. The van der Waals surface area contributed by atoms with Gasteiger partial charge in [0.1, 0.15) is 22.8 Å². The second kappa shape index (κ2) is 11.9. The monoisotopic (exact) mass is 678 g/mol. The summed E-state index contributed by atoms with van der Waals surface area (Å²) in [5.41, 5.74) is -3.07. The quantitative estimate of drug-likeness (QED) is 0.181. The van der Waals surface area contributed by atoms with Crippen LogP contribution in [0.4, 0.5) is 0 Å². The molecule has 4 N–H and O–H groups in total. The van der Waals surface area contributed by atoms with Crippen LogP contribution in [-0.4, -0.2) is 54.9 Å². The molecule has 0 radical (unpaired) electrons. The lowest BCUT2D eigenvalue weighted by Gasteiger charge is -2.59. The Morgan fingerprint density at radius 2 is 1.70 bits per heavy atom. The summed E-state index contributed by atoms with van der Waals surface area (Å²) in [5.74, 6) is -6.07. The minimum absolute atomic E-state index is 0.0369. The maximum absolute atomic E-state index is 14.6. The van der Waals surface area contributed by atoms with Crippen molar-refractivity contribution in [2.24, 2.45) is 22.7 Å². The number of hydrogen-bond donors (Lipinski definition) is 4. The Kier molecular flexibility index (Phi) is 8.30. The van der Waals surface area contributed by atoms with E-state index in [0.717, 1.165) is 6.92 Å². The van der Waals surface area contributed by atoms with Crippen LogP contribution in [0.15, 0.2) is 71.0 Å². The Balaban J connectivity index is 1.56. The second-order valence-corrected chi connectivity index (χ2v) is 15.1. The van der Waals surface area contributed by atoms with E-state index in [-0.39, 0.29) is 54.1 Å². The van der Waals surface area contributed by atoms with Gasteiger partial charge in [0.25, 0.3) is 0 Å². The highest BCUT2D eigenvalue weighted by Crippen LogP contribution is 2.65. The van der Waals surface area contributed by atoms with Crippen LogP contribution < -0.4 is 0 Å². The highest BCUT2D eigenvalue weighted by Gasteiger charge is 2.72. The zero-order chi connectivity index (χ0) is 36.7. The number of aromatic hydroxyl groups is 1. The number of carbonyl (C=O) groups excluding carboxylic acids is 5. The minimum Gasteiger partial charge on any atom is -0.508 e. The van der Waals surface area contributed by atoms with Crippen LogP contribution in [0.5, 0.6) is 5.75 Å². The van der Waals surface area contributed by atoms with Crippen molar-refractivity contribution in [1.82, 2.24) is 0 Å². The molecule has 1 unspecified atom stereocenters. The normalized spacial score (nSPS) is 27.3. The number of ketones is 5. The van der Waals surface area contributed by atoms with E-state index in [2.05, 4.69) is 0 Å². The molecule has 0 saturated heterocycles. The predicted octanol–water partition coefficient (Wildman–Crippen LogP) is 6.45. The molecular weight excluding hydrogens is 636 g/mol. The van der Waals surface area contributed by atoms with Gasteiger partial charge in [-0.15, -0.1) is 0 Å². The largest absolute Gasteiger partial charge is 0.508 e. The fraction of sp³-hybridized carbons (Fsp3) is 0.390. The average Bonchev–Trinajstić information content (AvgIpc) is 3.57. The molecule has 0 aromatic heterocycles. The van der Waals surface area contributed by atoms with Crippen molar-refractivity contribution in [2.45, 2.75) is 79.2 Å². The molecule has 0 aliphatic heterocycles. The maximum Gasteiger partial charge on any atom is 0.203 e. The van der Waals surface area contributed by atoms with Gasteiger partial charge in [0.05, 0.1) is 5.56 Å². The lowest BCUT2D eigenvalue weighted by atomic mass is 9.43. The van der Waals surface area contributed by atoms with Crippen LogP contribution >= 0.6 is 0 Å². The highest BCUT2D eigenvalue weighted by molar-refractivity contribution is 6.24. The number of aliphatic hydroxyl groups is 3. The summed E-state index contributed by atoms with van der Waals surface area (Å²) < 4.78 is 0. The number of fused-ring (bicyclic) bond motifs is 3. The molecular formula is C41H42O9. The van der Waals surface area contributed by atoms with E-state index in [1.54, 1.807) is 58.9 Å². The number of carbonyl (C=O) groups is 5. The lowest BCUT2D eigenvalue weighted by Crippen LogP contribution is -2.69. The number of phenolic OH excluding ortho intramolecular Hbond substituents is 1. The summed E-state index contributed by atoms with van der Waals surface area (Å²) in [7, 11) is 0. The Labute approximate surface area is 290 Å². The molecule has 1 fully saturated rings. The van der Waals surface area contributed by atoms with Crippen LogP contribution in [0.1, 0.15) is 87.9 Å². The molecule has 6 rings (SSSR count). The van der Waals surface area contributed by atoms with E-state index >= 15 is 0 Å². The third-order valence-corrected chi connectivity index (χ3v) is 11.3. The molecule has 0 heterocycles. The number of rotatable bonds is 8. The molecule has 2 aromatic rings. The van der Waals surface area contributed by atoms with Crippen LogP contribution in [0.2, 0.25) is 0 Å². The fourth-order valence-electron chi connectivity index (χ4n) is 9.26. The third kappa shape index (κ3) is 4.88. The fourth-order valence-corrected chi connectivity index (χ4v) is 9.26. The van der Waals surface area contributed by atoms with Gasteiger partial charge in [0.2, 0.25) is 5.78 Å². The van der Waals surface area contributed by atoms with E-state index in [4.69, 9.17) is 0 Å². The lowest BCUT2D eigenvalue weighted by molar-refractivity contribution is -0.178. The maximum atomic E-state index is 14.6. The Hall–Kier alpha value is -4.89. The molecule has 0 spiro atoms. The number of Topliss-reactive ketones (excluding diaryl/α,β-unsaturated/α-hetero) is 5. The van der Waals surface area contributed by atoms with Crippen molar-refractivity contribution in [3.8, 4) is 16.9 Å². The molecule has 4 aliphatic rings. The molecule has 2 aromatic carbocycles. The molecule has 1 saturated carbocycles. The summed E-state index contributed by atoms with van der Waals surface area (Å²) in [6.45, 7) is 9.65. The van der Waals surface area contributed by atoms with Gasteiger partial charge in [-0.25, -0.2) is 0 Å². The van der Waals surface area contributed by atoms with Crippen molar-refractivity contribution in [1.29, 1.82) is 0 Å². The third-order valence-electron chi connectivity index (χ3n) is 11.3. The van der Waals surface area contributed by atoms with E-state index in [1.807, 2.05) is 18.2 Å². The first-order chi connectivity index (χ1) is 23.4. The van der Waals surface area contributed by atoms with Crippen LogP contribution in [0.25, 0.3) is 16.9 Å².